The number of halogens is 1. The molecule has 1 aromatic carbocycles. The van der Waals surface area contributed by atoms with Crippen LogP contribution in [-0.2, 0) is 6.54 Å². The van der Waals surface area contributed by atoms with Crippen molar-refractivity contribution in [1.29, 1.82) is 0 Å². The molecule has 0 aromatic heterocycles. The minimum absolute atomic E-state index is 0. The summed E-state index contributed by atoms with van der Waals surface area (Å²) in [5, 5.41) is 0. The van der Waals surface area contributed by atoms with E-state index in [1.165, 1.54) is 41.6 Å². The molecule has 1 aliphatic rings. The molecule has 2 nitrogen and oxygen atoms in total. The summed E-state index contributed by atoms with van der Waals surface area (Å²) in [5.74, 6) is 0.666. The zero-order valence-corrected chi connectivity index (χ0v) is 14.1. The Morgan fingerprint density at radius 1 is 1.25 bits per heavy atom. The van der Waals surface area contributed by atoms with E-state index >= 15 is 0 Å². The lowest BCUT2D eigenvalue weighted by Crippen LogP contribution is -2.42. The zero-order valence-electron chi connectivity index (χ0n) is 13.3. The zero-order chi connectivity index (χ0) is 14.0. The highest BCUT2D eigenvalue weighted by molar-refractivity contribution is 5.85. The summed E-state index contributed by atoms with van der Waals surface area (Å²) in [4.78, 5) is 2.59. The van der Waals surface area contributed by atoms with Crippen molar-refractivity contribution in [2.45, 2.75) is 53.1 Å². The Hall–Kier alpha value is -0.570. The normalized spacial score (nSPS) is 21.4. The van der Waals surface area contributed by atoms with Crippen LogP contribution in [0.5, 0.6) is 0 Å². The van der Waals surface area contributed by atoms with Crippen LogP contribution < -0.4 is 5.73 Å². The van der Waals surface area contributed by atoms with Gasteiger partial charge in [0.15, 0.2) is 0 Å². The van der Waals surface area contributed by atoms with Crippen LogP contribution in [0.4, 0.5) is 0 Å². The molecule has 1 saturated heterocycles. The van der Waals surface area contributed by atoms with Crippen LogP contribution in [0.15, 0.2) is 12.1 Å². The molecule has 2 atom stereocenters. The number of nitrogens with two attached hydrogens (primary N) is 1. The van der Waals surface area contributed by atoms with Gasteiger partial charge in [0.2, 0.25) is 0 Å². The first-order valence-corrected chi connectivity index (χ1v) is 7.52. The summed E-state index contributed by atoms with van der Waals surface area (Å²) >= 11 is 0. The van der Waals surface area contributed by atoms with Crippen molar-refractivity contribution >= 4 is 12.4 Å². The van der Waals surface area contributed by atoms with E-state index in [0.717, 1.165) is 13.1 Å². The summed E-state index contributed by atoms with van der Waals surface area (Å²) in [6.45, 7) is 12.3. The number of hydrogen-bond acceptors (Lipinski definition) is 2. The van der Waals surface area contributed by atoms with Gasteiger partial charge in [0, 0.05) is 19.1 Å². The van der Waals surface area contributed by atoms with Gasteiger partial charge < -0.3 is 5.73 Å². The number of hydrogen-bond donors (Lipinski definition) is 1. The summed E-state index contributed by atoms with van der Waals surface area (Å²) in [6, 6.07) is 4.92. The third kappa shape index (κ3) is 4.21. The van der Waals surface area contributed by atoms with Gasteiger partial charge in [-0.2, -0.15) is 0 Å². The van der Waals surface area contributed by atoms with Gasteiger partial charge in [0.25, 0.3) is 0 Å². The SMILES string of the molecule is Cc1cc(C)c(CN2CCCC(C(C)N)C2)c(C)c1.Cl. The minimum atomic E-state index is 0. The monoisotopic (exact) mass is 296 g/mol. The highest BCUT2D eigenvalue weighted by atomic mass is 35.5. The number of piperidine rings is 1. The number of benzene rings is 1. The molecule has 2 unspecified atom stereocenters. The third-order valence-corrected chi connectivity index (χ3v) is 4.51. The first kappa shape index (κ1) is 17.5. The second-order valence-corrected chi connectivity index (χ2v) is 6.37. The second kappa shape index (κ2) is 7.44. The van der Waals surface area contributed by atoms with Crippen LogP contribution in [0.25, 0.3) is 0 Å². The highest BCUT2D eigenvalue weighted by Crippen LogP contribution is 2.23. The van der Waals surface area contributed by atoms with Gasteiger partial charge >= 0.3 is 0 Å². The van der Waals surface area contributed by atoms with Crippen molar-refractivity contribution in [3.8, 4) is 0 Å². The van der Waals surface area contributed by atoms with Crippen molar-refractivity contribution in [3.63, 3.8) is 0 Å². The minimum Gasteiger partial charge on any atom is -0.328 e. The Bertz CT molecular complexity index is 420. The Labute approximate surface area is 130 Å². The number of aryl methyl sites for hydroxylation is 3. The fourth-order valence-corrected chi connectivity index (χ4v) is 3.35. The molecule has 0 radical (unpaired) electrons. The molecule has 1 heterocycles. The van der Waals surface area contributed by atoms with Gasteiger partial charge in [-0.3, -0.25) is 4.90 Å². The lowest BCUT2D eigenvalue weighted by molar-refractivity contribution is 0.154. The molecule has 1 aromatic rings. The molecule has 0 amide bonds. The van der Waals surface area contributed by atoms with Crippen molar-refractivity contribution in [2.24, 2.45) is 11.7 Å². The lowest BCUT2D eigenvalue weighted by Gasteiger charge is -2.35. The molecule has 3 heteroatoms. The maximum absolute atomic E-state index is 6.08. The smallest absolute Gasteiger partial charge is 0.0239 e. The molecule has 1 aliphatic heterocycles. The predicted octanol–water partition coefficient (Wildman–Crippen LogP) is 3.59. The predicted molar refractivity (Wildman–Crippen MR) is 89.6 cm³/mol. The number of likely N-dealkylation sites (tertiary alicyclic amines) is 1. The van der Waals surface area contributed by atoms with E-state index < -0.39 is 0 Å². The second-order valence-electron chi connectivity index (χ2n) is 6.37. The van der Waals surface area contributed by atoms with Crippen LogP contribution in [-0.4, -0.2) is 24.0 Å². The van der Waals surface area contributed by atoms with E-state index in [1.54, 1.807) is 0 Å². The van der Waals surface area contributed by atoms with Gasteiger partial charge in [-0.15, -0.1) is 12.4 Å². The van der Waals surface area contributed by atoms with Crippen molar-refractivity contribution < 1.29 is 0 Å². The van der Waals surface area contributed by atoms with Gasteiger partial charge in [0.05, 0.1) is 0 Å². The van der Waals surface area contributed by atoms with E-state index in [0.29, 0.717) is 12.0 Å². The van der Waals surface area contributed by atoms with Gasteiger partial charge in [-0.25, -0.2) is 0 Å². The maximum Gasteiger partial charge on any atom is 0.0239 e. The van der Waals surface area contributed by atoms with E-state index in [2.05, 4.69) is 44.7 Å². The van der Waals surface area contributed by atoms with Crippen molar-refractivity contribution in [1.82, 2.24) is 4.90 Å². The molecule has 0 saturated carbocycles. The quantitative estimate of drug-likeness (QED) is 0.923. The summed E-state index contributed by atoms with van der Waals surface area (Å²) in [7, 11) is 0. The molecule has 114 valence electrons. The molecule has 0 bridgehead atoms. The van der Waals surface area contributed by atoms with E-state index in [4.69, 9.17) is 5.73 Å². The average molecular weight is 297 g/mol. The first-order valence-electron chi connectivity index (χ1n) is 7.52. The Morgan fingerprint density at radius 2 is 1.85 bits per heavy atom. The molecule has 0 spiro atoms. The van der Waals surface area contributed by atoms with Crippen LogP contribution >= 0.6 is 12.4 Å². The molecule has 2 N–H and O–H groups in total. The largest absolute Gasteiger partial charge is 0.328 e. The van der Waals surface area contributed by atoms with Gasteiger partial charge in [0.1, 0.15) is 0 Å². The first-order chi connectivity index (χ1) is 8.97. The Kier molecular flexibility index (Phi) is 6.50. The van der Waals surface area contributed by atoms with E-state index in [-0.39, 0.29) is 12.4 Å². The Morgan fingerprint density at radius 3 is 2.40 bits per heavy atom. The average Bonchev–Trinajstić information content (AvgIpc) is 2.34. The molecular formula is C17H29ClN2. The lowest BCUT2D eigenvalue weighted by atomic mass is 9.91. The maximum atomic E-state index is 6.08. The topological polar surface area (TPSA) is 29.3 Å². The molecule has 20 heavy (non-hydrogen) atoms. The van der Waals surface area contributed by atoms with Gasteiger partial charge in [-0.1, -0.05) is 17.7 Å². The highest BCUT2D eigenvalue weighted by Gasteiger charge is 2.23. The van der Waals surface area contributed by atoms with Crippen LogP contribution in [0, 0.1) is 26.7 Å². The molecular weight excluding hydrogens is 268 g/mol. The van der Waals surface area contributed by atoms with Crippen LogP contribution in [0.3, 0.4) is 0 Å². The van der Waals surface area contributed by atoms with Crippen LogP contribution in [0.2, 0.25) is 0 Å². The van der Waals surface area contributed by atoms with Crippen molar-refractivity contribution in [3.05, 3.63) is 34.4 Å². The van der Waals surface area contributed by atoms with E-state index in [9.17, 15) is 0 Å². The third-order valence-electron chi connectivity index (χ3n) is 4.51. The number of rotatable bonds is 3. The Balaban J connectivity index is 0.00000200. The molecule has 2 rings (SSSR count). The summed E-state index contributed by atoms with van der Waals surface area (Å²) in [6.07, 6.45) is 2.58. The molecule has 0 aliphatic carbocycles. The van der Waals surface area contributed by atoms with Crippen molar-refractivity contribution in [2.75, 3.05) is 13.1 Å². The fraction of sp³-hybridized carbons (Fsp3) is 0.647. The fourth-order valence-electron chi connectivity index (χ4n) is 3.35. The van der Waals surface area contributed by atoms with Gasteiger partial charge in [-0.05, 0) is 69.7 Å². The number of nitrogens with zero attached hydrogens (tertiary/aromatic N) is 1. The summed E-state index contributed by atoms with van der Waals surface area (Å²) in [5.41, 5.74) is 11.8. The van der Waals surface area contributed by atoms with E-state index in [1.807, 2.05) is 0 Å². The summed E-state index contributed by atoms with van der Waals surface area (Å²) < 4.78 is 0. The molecule has 1 fully saturated rings. The standard InChI is InChI=1S/C17H28N2.ClH/c1-12-8-13(2)17(14(3)9-12)11-19-7-5-6-16(10-19)15(4)18;/h8-9,15-16H,5-7,10-11,18H2,1-4H3;1H. The van der Waals surface area contributed by atoms with Crippen LogP contribution in [0.1, 0.15) is 42.0 Å².